The van der Waals surface area contributed by atoms with Crippen LogP contribution in [0.5, 0.6) is 0 Å². The number of benzene rings is 2. The maximum absolute atomic E-state index is 13.3. The van der Waals surface area contributed by atoms with E-state index in [1.165, 1.54) is 12.1 Å². The molecule has 1 fully saturated rings. The van der Waals surface area contributed by atoms with Crippen LogP contribution in [0.2, 0.25) is 0 Å². The highest BCUT2D eigenvalue weighted by molar-refractivity contribution is 5.97. The molecular weight excluding hydrogens is 409 g/mol. The van der Waals surface area contributed by atoms with Crippen molar-refractivity contribution in [3.8, 4) is 11.1 Å². The largest absolute Gasteiger partial charge is 0.369 e. The number of amides is 2. The minimum Gasteiger partial charge on any atom is -0.369 e. The predicted octanol–water partition coefficient (Wildman–Crippen LogP) is 3.91. The van der Waals surface area contributed by atoms with Crippen molar-refractivity contribution in [3.63, 3.8) is 0 Å². The number of nitrogens with zero attached hydrogens (tertiary/aromatic N) is 2. The molecule has 7 heteroatoms. The van der Waals surface area contributed by atoms with Crippen molar-refractivity contribution in [1.29, 1.82) is 0 Å². The number of aryl methyl sites for hydroxylation is 2. The molecule has 0 saturated carbocycles. The number of hydrogen-bond acceptors (Lipinski definition) is 4. The first-order chi connectivity index (χ1) is 15.3. The van der Waals surface area contributed by atoms with E-state index in [0.717, 1.165) is 16.7 Å². The van der Waals surface area contributed by atoms with Crippen molar-refractivity contribution in [2.75, 3.05) is 13.1 Å². The third-order valence-corrected chi connectivity index (χ3v) is 6.29. The van der Waals surface area contributed by atoms with Crippen LogP contribution in [-0.4, -0.2) is 35.0 Å². The number of aromatic nitrogens is 1. The van der Waals surface area contributed by atoms with Gasteiger partial charge in [-0.1, -0.05) is 48.5 Å². The van der Waals surface area contributed by atoms with E-state index in [2.05, 4.69) is 5.16 Å². The number of hydrogen-bond donors (Lipinski definition) is 1. The predicted molar refractivity (Wildman–Crippen MR) is 118 cm³/mol. The molecule has 0 aliphatic carbocycles. The van der Waals surface area contributed by atoms with Gasteiger partial charge in [0, 0.05) is 13.1 Å². The van der Waals surface area contributed by atoms with Crippen LogP contribution in [0.3, 0.4) is 0 Å². The third kappa shape index (κ3) is 4.02. The summed E-state index contributed by atoms with van der Waals surface area (Å²) in [7, 11) is 0. The van der Waals surface area contributed by atoms with Gasteiger partial charge in [0.2, 0.25) is 5.91 Å². The highest BCUT2D eigenvalue weighted by atomic mass is 19.1. The molecule has 166 valence electrons. The molecular formula is C25H26FN3O3. The zero-order chi connectivity index (χ0) is 22.9. The van der Waals surface area contributed by atoms with Gasteiger partial charge in [-0.2, -0.15) is 0 Å². The minimum atomic E-state index is -0.853. The van der Waals surface area contributed by atoms with Gasteiger partial charge in [0.1, 0.15) is 17.1 Å². The van der Waals surface area contributed by atoms with Crippen LogP contribution < -0.4 is 5.73 Å². The number of carbonyl (C=O) groups is 2. The Morgan fingerprint density at radius 1 is 1.19 bits per heavy atom. The van der Waals surface area contributed by atoms with Crippen LogP contribution >= 0.6 is 0 Å². The number of primary amides is 1. The summed E-state index contributed by atoms with van der Waals surface area (Å²) < 4.78 is 18.5. The van der Waals surface area contributed by atoms with Crippen LogP contribution in [-0.2, 0) is 17.6 Å². The molecule has 0 spiro atoms. The third-order valence-electron chi connectivity index (χ3n) is 6.29. The Hall–Kier alpha value is -3.48. The molecule has 0 unspecified atom stereocenters. The van der Waals surface area contributed by atoms with Gasteiger partial charge in [0.25, 0.3) is 5.91 Å². The van der Waals surface area contributed by atoms with Crippen molar-refractivity contribution < 1.29 is 18.5 Å². The first-order valence-electron chi connectivity index (χ1n) is 10.7. The topological polar surface area (TPSA) is 89.4 Å². The number of nitrogens with two attached hydrogens (primary N) is 1. The highest BCUT2D eigenvalue weighted by Crippen LogP contribution is 2.36. The van der Waals surface area contributed by atoms with Crippen LogP contribution in [0.15, 0.2) is 53.1 Å². The molecule has 2 N–H and O–H groups in total. The molecule has 0 radical (unpaired) electrons. The standard InChI is InChI=1S/C25H26FN3O3/c1-3-21-22(16(2)32-28-21)23(30)29-12-11-25(15-29,24(27)31)14-17-5-4-6-19(13-17)18-7-9-20(26)10-8-18/h4-10,13H,3,11-12,14-15H2,1-2H3,(H2,27,31)/t25-/m0/s1. The van der Waals surface area contributed by atoms with E-state index < -0.39 is 11.3 Å². The zero-order valence-electron chi connectivity index (χ0n) is 18.2. The summed E-state index contributed by atoms with van der Waals surface area (Å²) >= 11 is 0. The molecule has 1 saturated heterocycles. The second-order valence-electron chi connectivity index (χ2n) is 8.42. The van der Waals surface area contributed by atoms with Crippen molar-refractivity contribution >= 4 is 11.8 Å². The molecule has 2 amide bonds. The van der Waals surface area contributed by atoms with Crippen molar-refractivity contribution in [3.05, 3.63) is 76.9 Å². The molecule has 1 atom stereocenters. The van der Waals surface area contributed by atoms with Gasteiger partial charge in [-0.15, -0.1) is 0 Å². The molecule has 3 aromatic rings. The molecule has 32 heavy (non-hydrogen) atoms. The van der Waals surface area contributed by atoms with Crippen LogP contribution in [0.25, 0.3) is 11.1 Å². The summed E-state index contributed by atoms with van der Waals surface area (Å²) in [5.74, 6) is -0.403. The summed E-state index contributed by atoms with van der Waals surface area (Å²) in [4.78, 5) is 27.4. The minimum absolute atomic E-state index is 0.177. The second kappa shape index (κ2) is 8.57. The molecule has 2 heterocycles. The molecule has 0 bridgehead atoms. The fraction of sp³-hybridized carbons (Fsp3) is 0.320. The van der Waals surface area contributed by atoms with E-state index in [9.17, 15) is 14.0 Å². The van der Waals surface area contributed by atoms with E-state index in [0.29, 0.717) is 42.8 Å². The molecule has 6 nitrogen and oxygen atoms in total. The van der Waals surface area contributed by atoms with Crippen molar-refractivity contribution in [1.82, 2.24) is 10.1 Å². The quantitative estimate of drug-likeness (QED) is 0.636. The average molecular weight is 435 g/mol. The van der Waals surface area contributed by atoms with Gasteiger partial charge in [0.05, 0.1) is 11.1 Å². The summed E-state index contributed by atoms with van der Waals surface area (Å²) in [5, 5.41) is 3.97. The van der Waals surface area contributed by atoms with Crippen LogP contribution in [0, 0.1) is 18.2 Å². The summed E-state index contributed by atoms with van der Waals surface area (Å²) in [6.07, 6.45) is 1.49. The SMILES string of the molecule is CCc1noc(C)c1C(=O)N1CC[C@@](Cc2cccc(-c3ccc(F)cc3)c2)(C(N)=O)C1. The summed E-state index contributed by atoms with van der Waals surface area (Å²) in [5.41, 5.74) is 8.87. The van der Waals surface area contributed by atoms with Gasteiger partial charge in [-0.3, -0.25) is 9.59 Å². The molecule has 2 aromatic carbocycles. The normalized spacial score (nSPS) is 18.2. The second-order valence-corrected chi connectivity index (χ2v) is 8.42. The van der Waals surface area contributed by atoms with E-state index in [1.807, 2.05) is 31.2 Å². The monoisotopic (exact) mass is 435 g/mol. The number of rotatable bonds is 6. The Labute approximate surface area is 186 Å². The Morgan fingerprint density at radius 3 is 2.62 bits per heavy atom. The van der Waals surface area contributed by atoms with Crippen molar-refractivity contribution in [2.24, 2.45) is 11.1 Å². The highest BCUT2D eigenvalue weighted by Gasteiger charge is 2.45. The van der Waals surface area contributed by atoms with E-state index >= 15 is 0 Å². The maximum atomic E-state index is 13.3. The number of carbonyl (C=O) groups excluding carboxylic acids is 2. The van der Waals surface area contributed by atoms with Crippen LogP contribution in [0.4, 0.5) is 4.39 Å². The summed E-state index contributed by atoms with van der Waals surface area (Å²) in [6.45, 7) is 4.32. The lowest BCUT2D eigenvalue weighted by Gasteiger charge is -2.26. The van der Waals surface area contributed by atoms with Gasteiger partial charge in [-0.05, 0) is 55.0 Å². The van der Waals surface area contributed by atoms with E-state index in [1.54, 1.807) is 24.0 Å². The Balaban J connectivity index is 1.58. The smallest absolute Gasteiger partial charge is 0.259 e. The van der Waals surface area contributed by atoms with E-state index in [4.69, 9.17) is 10.3 Å². The Kier molecular flexibility index (Phi) is 5.82. The van der Waals surface area contributed by atoms with Crippen LogP contribution in [0.1, 0.15) is 40.7 Å². The molecule has 1 aromatic heterocycles. The lowest BCUT2D eigenvalue weighted by Crippen LogP contribution is -2.42. The average Bonchev–Trinajstić information content (AvgIpc) is 3.38. The fourth-order valence-corrected chi connectivity index (χ4v) is 4.46. The first kappa shape index (κ1) is 21.7. The number of halogens is 1. The first-order valence-corrected chi connectivity index (χ1v) is 10.7. The zero-order valence-corrected chi connectivity index (χ0v) is 18.2. The molecule has 1 aliphatic heterocycles. The van der Waals surface area contributed by atoms with Gasteiger partial charge >= 0.3 is 0 Å². The lowest BCUT2D eigenvalue weighted by atomic mass is 9.79. The Bertz CT molecular complexity index is 1160. The fourth-order valence-electron chi connectivity index (χ4n) is 4.46. The van der Waals surface area contributed by atoms with Crippen molar-refractivity contribution in [2.45, 2.75) is 33.1 Å². The van der Waals surface area contributed by atoms with Gasteiger partial charge in [-0.25, -0.2) is 4.39 Å². The molecule has 1 aliphatic rings. The molecule has 4 rings (SSSR count). The summed E-state index contributed by atoms with van der Waals surface area (Å²) in [6, 6.07) is 14.1. The van der Waals surface area contributed by atoms with Gasteiger partial charge in [0.15, 0.2) is 0 Å². The van der Waals surface area contributed by atoms with E-state index in [-0.39, 0.29) is 18.3 Å². The number of likely N-dealkylation sites (tertiary alicyclic amines) is 1. The maximum Gasteiger partial charge on any atom is 0.259 e. The lowest BCUT2D eigenvalue weighted by molar-refractivity contribution is -0.126. The Morgan fingerprint density at radius 2 is 1.94 bits per heavy atom. The van der Waals surface area contributed by atoms with Gasteiger partial charge < -0.3 is 15.2 Å².